The Morgan fingerprint density at radius 2 is 1.29 bits per heavy atom. The molecule has 0 heterocycles. The summed E-state index contributed by atoms with van der Waals surface area (Å²) in [6, 6.07) is 0. The van der Waals surface area contributed by atoms with Crippen LogP contribution in [0.4, 0.5) is 0 Å². The van der Waals surface area contributed by atoms with E-state index >= 15 is 0 Å². The van der Waals surface area contributed by atoms with Gasteiger partial charge in [0, 0.05) is 17.1 Å². The van der Waals surface area contributed by atoms with Gasteiger partial charge in [0.25, 0.3) is 0 Å². The van der Waals surface area contributed by atoms with Crippen molar-refractivity contribution in [1.82, 2.24) is 6.15 Å². The van der Waals surface area contributed by atoms with E-state index in [0.717, 1.165) is 36.2 Å². The van der Waals surface area contributed by atoms with Crippen LogP contribution >= 0.6 is 0 Å². The molecule has 0 bridgehead atoms. The quantitative estimate of drug-likeness (QED) is 0.337. The molecule has 0 fully saturated rings. The fraction of sp³-hybridized carbons (Fsp3) is 0.850. The second kappa shape index (κ2) is 17.5. The van der Waals surface area contributed by atoms with Crippen molar-refractivity contribution in [2.75, 3.05) is 0 Å². The van der Waals surface area contributed by atoms with Crippen molar-refractivity contribution >= 4 is 5.97 Å². The number of quaternary nitrogens is 1. The van der Waals surface area contributed by atoms with Crippen LogP contribution < -0.4 is 11.3 Å². The van der Waals surface area contributed by atoms with Crippen LogP contribution in [0.2, 0.25) is 0 Å². The molecule has 2 atom stereocenters. The van der Waals surface area contributed by atoms with Gasteiger partial charge in [0.15, 0.2) is 0 Å². The van der Waals surface area contributed by atoms with E-state index in [9.17, 15) is 9.90 Å². The molecular weight excluding hydrogens is 342 g/mol. The molecule has 0 aliphatic carbocycles. The molecule has 0 saturated heterocycles. The van der Waals surface area contributed by atoms with Gasteiger partial charge in [-0.05, 0) is 43.6 Å². The summed E-state index contributed by atoms with van der Waals surface area (Å²) >= 11 is 0. The fourth-order valence-electron chi connectivity index (χ4n) is 2.98. The molecule has 3 nitrogen and oxygen atoms in total. The van der Waals surface area contributed by atoms with E-state index in [1.54, 1.807) is 0 Å². The molecular formula is C20H41FeNO2. The summed E-state index contributed by atoms with van der Waals surface area (Å²) in [5, 5.41) is 10.4. The summed E-state index contributed by atoms with van der Waals surface area (Å²) in [6.07, 6.45) is 12.5. The molecule has 0 aliphatic heterocycles. The summed E-state index contributed by atoms with van der Waals surface area (Å²) < 4.78 is 0. The van der Waals surface area contributed by atoms with E-state index < -0.39 is 5.97 Å². The number of rotatable bonds is 13. The monoisotopic (exact) mass is 383 g/mol. The Morgan fingerprint density at radius 1 is 0.875 bits per heavy atom. The smallest absolute Gasteiger partial charge is 0.0642 e. The van der Waals surface area contributed by atoms with E-state index in [0.29, 0.717) is 0 Å². The number of carboxylic acid groups (broad SMARTS) is 1. The van der Waals surface area contributed by atoms with Crippen molar-refractivity contribution in [2.24, 2.45) is 17.8 Å². The molecule has 0 spiro atoms. The maximum atomic E-state index is 10.4. The SMILES string of the molecule is C/C(=C\C(=O)[O-])CCC[C@H](C)CCC[C@H](C)CCCC(C)C.[Fe].[NH4+]. The molecule has 4 N–H and O–H groups in total. The van der Waals surface area contributed by atoms with Gasteiger partial charge in [0.05, 0.1) is 5.97 Å². The van der Waals surface area contributed by atoms with Gasteiger partial charge in [-0.25, -0.2) is 0 Å². The average molecular weight is 383 g/mol. The van der Waals surface area contributed by atoms with Gasteiger partial charge in [0.2, 0.25) is 0 Å². The van der Waals surface area contributed by atoms with E-state index in [1.165, 1.54) is 51.0 Å². The van der Waals surface area contributed by atoms with Crippen LogP contribution in [0.5, 0.6) is 0 Å². The molecule has 146 valence electrons. The van der Waals surface area contributed by atoms with Crippen molar-refractivity contribution in [1.29, 1.82) is 0 Å². The largest absolute Gasteiger partial charge is 0.545 e. The number of carboxylic acids is 1. The second-order valence-electron chi connectivity index (χ2n) is 7.67. The Kier molecular flexibility index (Phi) is 20.8. The van der Waals surface area contributed by atoms with Crippen molar-refractivity contribution in [2.45, 2.75) is 92.4 Å². The summed E-state index contributed by atoms with van der Waals surface area (Å²) in [5.41, 5.74) is 0.922. The van der Waals surface area contributed by atoms with Gasteiger partial charge in [0.1, 0.15) is 0 Å². The molecule has 0 aromatic rings. The molecule has 0 aliphatic rings. The summed E-state index contributed by atoms with van der Waals surface area (Å²) in [7, 11) is 0. The molecule has 0 aromatic carbocycles. The molecule has 0 rings (SSSR count). The molecule has 4 heteroatoms. The van der Waals surface area contributed by atoms with Crippen LogP contribution in [0.25, 0.3) is 0 Å². The zero-order valence-electron chi connectivity index (χ0n) is 16.8. The number of hydrogen-bond acceptors (Lipinski definition) is 2. The van der Waals surface area contributed by atoms with Crippen molar-refractivity contribution in [3.8, 4) is 0 Å². The Hall–Kier alpha value is -0.311. The summed E-state index contributed by atoms with van der Waals surface area (Å²) in [6.45, 7) is 11.2. The Bertz CT molecular complexity index is 330. The Balaban J connectivity index is -0.00000220. The normalized spacial score (nSPS) is 13.8. The maximum absolute atomic E-state index is 10.4. The van der Waals surface area contributed by atoms with Crippen LogP contribution in [0.1, 0.15) is 92.4 Å². The third-order valence-electron chi connectivity index (χ3n) is 4.50. The summed E-state index contributed by atoms with van der Waals surface area (Å²) in [5.74, 6) is 1.37. The first-order valence-electron chi connectivity index (χ1n) is 9.19. The van der Waals surface area contributed by atoms with E-state index in [1.807, 2.05) is 6.92 Å². The standard InChI is InChI=1S/C20H38O2.Fe.H3N/c1-16(2)9-6-10-17(3)11-7-12-18(4)13-8-14-19(5)15-20(21)22;;/h15-18H,6-14H2,1-5H3,(H,21,22);;1H3/b19-15+;;/t17-,18-;;/m1../s1. The molecule has 0 unspecified atom stereocenters. The van der Waals surface area contributed by atoms with Gasteiger partial charge in [-0.1, -0.05) is 78.2 Å². The van der Waals surface area contributed by atoms with Gasteiger partial charge in [-0.2, -0.15) is 0 Å². The van der Waals surface area contributed by atoms with Gasteiger partial charge < -0.3 is 16.1 Å². The molecule has 0 radical (unpaired) electrons. The van der Waals surface area contributed by atoms with E-state index in [-0.39, 0.29) is 23.2 Å². The van der Waals surface area contributed by atoms with Crippen molar-refractivity contribution in [3.63, 3.8) is 0 Å². The first-order valence-corrected chi connectivity index (χ1v) is 9.19. The van der Waals surface area contributed by atoms with Crippen LogP contribution in [0.15, 0.2) is 11.6 Å². The van der Waals surface area contributed by atoms with E-state index in [4.69, 9.17) is 0 Å². The fourth-order valence-corrected chi connectivity index (χ4v) is 2.98. The zero-order valence-corrected chi connectivity index (χ0v) is 17.9. The first-order chi connectivity index (χ1) is 10.3. The minimum atomic E-state index is -1.07. The molecule has 24 heavy (non-hydrogen) atoms. The van der Waals surface area contributed by atoms with Crippen molar-refractivity contribution < 1.29 is 27.0 Å². The number of carbonyl (C=O) groups is 1. The third-order valence-corrected chi connectivity index (χ3v) is 4.50. The number of aliphatic carboxylic acids is 1. The molecule has 0 amide bonds. The van der Waals surface area contributed by atoms with Gasteiger partial charge in [-0.3, -0.25) is 0 Å². The van der Waals surface area contributed by atoms with Crippen LogP contribution in [-0.2, 0) is 21.9 Å². The number of carbonyl (C=O) groups excluding carboxylic acids is 1. The van der Waals surface area contributed by atoms with Crippen molar-refractivity contribution in [3.05, 3.63) is 11.6 Å². The topological polar surface area (TPSA) is 76.6 Å². The zero-order chi connectivity index (χ0) is 17.0. The predicted molar refractivity (Wildman–Crippen MR) is 99.5 cm³/mol. The Morgan fingerprint density at radius 3 is 1.71 bits per heavy atom. The first kappa shape index (κ1) is 28.5. The number of allylic oxidation sites excluding steroid dienone is 1. The molecule has 0 aromatic heterocycles. The Labute approximate surface area is 161 Å². The minimum absolute atomic E-state index is 0. The third kappa shape index (κ3) is 19.7. The number of hydrogen-bond donors (Lipinski definition) is 1. The van der Waals surface area contributed by atoms with Crippen LogP contribution in [0.3, 0.4) is 0 Å². The van der Waals surface area contributed by atoms with Crippen LogP contribution in [0, 0.1) is 17.8 Å². The van der Waals surface area contributed by atoms with Gasteiger partial charge in [-0.15, -0.1) is 0 Å². The second-order valence-corrected chi connectivity index (χ2v) is 7.67. The predicted octanol–water partition coefficient (Wildman–Crippen LogP) is 5.50. The van der Waals surface area contributed by atoms with Gasteiger partial charge >= 0.3 is 0 Å². The average Bonchev–Trinajstić information content (AvgIpc) is 2.37. The minimum Gasteiger partial charge on any atom is -0.545 e. The van der Waals surface area contributed by atoms with E-state index in [2.05, 4.69) is 27.7 Å². The maximum Gasteiger partial charge on any atom is 0.0642 e. The molecule has 0 saturated carbocycles. The van der Waals surface area contributed by atoms with Crippen LogP contribution in [-0.4, -0.2) is 5.97 Å². The summed E-state index contributed by atoms with van der Waals surface area (Å²) in [4.78, 5) is 10.4.